The fourth-order valence-corrected chi connectivity index (χ4v) is 8.72. The average Bonchev–Trinajstić information content (AvgIpc) is 3.40. The van der Waals surface area contributed by atoms with Crippen LogP contribution in [0.2, 0.25) is 0 Å². The van der Waals surface area contributed by atoms with Gasteiger partial charge in [-0.15, -0.1) is 0 Å². The molecule has 0 aromatic rings. The van der Waals surface area contributed by atoms with Gasteiger partial charge in [0.05, 0.1) is 0 Å². The average molecular weight is 1030 g/mol. The Bertz CT molecular complexity index is 1460. The Morgan fingerprint density at radius 2 is 0.527 bits per heavy atom. The van der Waals surface area contributed by atoms with E-state index in [0.717, 1.165) is 122 Å². The van der Waals surface area contributed by atoms with Crippen molar-refractivity contribution in [3.8, 4) is 0 Å². The highest BCUT2D eigenvalue weighted by molar-refractivity contribution is 5.71. The van der Waals surface area contributed by atoms with Crippen molar-refractivity contribution in [3.05, 3.63) is 97.2 Å². The maximum atomic E-state index is 12.9. The van der Waals surface area contributed by atoms with Gasteiger partial charge in [-0.1, -0.05) is 279 Å². The Labute approximate surface area is 457 Å². The molecule has 6 nitrogen and oxygen atoms in total. The first-order valence-corrected chi connectivity index (χ1v) is 31.2. The molecule has 0 aromatic carbocycles. The molecule has 0 rings (SSSR count). The number of unbranched alkanes of at least 4 members (excludes halogenated alkanes) is 29. The van der Waals surface area contributed by atoms with Crippen LogP contribution in [0.15, 0.2) is 97.2 Å². The Morgan fingerprint density at radius 1 is 0.284 bits per heavy atom. The van der Waals surface area contributed by atoms with E-state index in [1.54, 1.807) is 0 Å². The molecule has 0 fully saturated rings. The summed E-state index contributed by atoms with van der Waals surface area (Å²) in [6, 6.07) is 0. The van der Waals surface area contributed by atoms with E-state index in [1.165, 1.54) is 135 Å². The van der Waals surface area contributed by atoms with E-state index in [4.69, 9.17) is 14.2 Å². The van der Waals surface area contributed by atoms with E-state index in [1.807, 2.05) is 0 Å². The maximum Gasteiger partial charge on any atom is 0.306 e. The molecule has 1 atom stereocenters. The lowest BCUT2D eigenvalue weighted by Crippen LogP contribution is -2.30. The molecule has 0 aliphatic heterocycles. The van der Waals surface area contributed by atoms with Crippen molar-refractivity contribution in [2.75, 3.05) is 13.2 Å². The smallest absolute Gasteiger partial charge is 0.306 e. The van der Waals surface area contributed by atoms with Gasteiger partial charge in [0.2, 0.25) is 0 Å². The van der Waals surface area contributed by atoms with Crippen LogP contribution in [0.3, 0.4) is 0 Å². The van der Waals surface area contributed by atoms with Gasteiger partial charge in [-0.25, -0.2) is 0 Å². The minimum absolute atomic E-state index is 0.0846. The zero-order valence-electron chi connectivity index (χ0n) is 48.6. The number of rotatable bonds is 56. The molecule has 74 heavy (non-hydrogen) atoms. The number of ether oxygens (including phenoxy) is 3. The summed E-state index contributed by atoms with van der Waals surface area (Å²) in [4.78, 5) is 38.2. The monoisotopic (exact) mass is 1030 g/mol. The minimum Gasteiger partial charge on any atom is -0.462 e. The third-order valence-electron chi connectivity index (χ3n) is 13.3. The van der Waals surface area contributed by atoms with E-state index in [9.17, 15) is 14.4 Å². The highest BCUT2D eigenvalue weighted by atomic mass is 16.6. The van der Waals surface area contributed by atoms with Crippen molar-refractivity contribution in [3.63, 3.8) is 0 Å². The van der Waals surface area contributed by atoms with Crippen molar-refractivity contribution < 1.29 is 28.6 Å². The Morgan fingerprint density at radius 3 is 0.824 bits per heavy atom. The van der Waals surface area contributed by atoms with Gasteiger partial charge < -0.3 is 14.2 Å². The standard InChI is InChI=1S/C68H116O6/c1-4-7-10-13-16-19-22-25-27-29-30-31-32-33-34-35-36-37-38-40-41-43-46-49-52-55-58-61-67(70)73-64-65(63-72-66(69)60-57-54-51-48-45-24-21-18-15-12-9-6-3)74-68(71)62-59-56-53-50-47-44-42-39-28-26-23-20-17-14-11-8-5-2/h7-8,10-11,16-17,19-20,25-28,30-31,42,44,65H,4-6,9,12-15,18,21-24,29,32-41,43,45-64H2,1-3H3/b10-7-,11-8-,19-16-,20-17-,27-25-,28-26-,31-30-,44-42-. The van der Waals surface area contributed by atoms with Gasteiger partial charge in [-0.05, 0) is 96.3 Å². The molecule has 1 unspecified atom stereocenters. The molecule has 0 aliphatic rings. The summed E-state index contributed by atoms with van der Waals surface area (Å²) in [5, 5.41) is 0. The van der Waals surface area contributed by atoms with Crippen LogP contribution in [-0.4, -0.2) is 37.2 Å². The fraction of sp³-hybridized carbons (Fsp3) is 0.721. The first-order chi connectivity index (χ1) is 36.5. The summed E-state index contributed by atoms with van der Waals surface area (Å²) < 4.78 is 16.9. The summed E-state index contributed by atoms with van der Waals surface area (Å²) in [6.45, 7) is 6.41. The number of esters is 3. The molecule has 0 aliphatic carbocycles. The van der Waals surface area contributed by atoms with E-state index in [0.29, 0.717) is 19.3 Å². The van der Waals surface area contributed by atoms with Crippen LogP contribution < -0.4 is 0 Å². The number of hydrogen-bond acceptors (Lipinski definition) is 6. The molecule has 0 bridgehead atoms. The lowest BCUT2D eigenvalue weighted by Gasteiger charge is -2.18. The quantitative estimate of drug-likeness (QED) is 0.0261. The molecular formula is C68H116O6. The first-order valence-electron chi connectivity index (χ1n) is 31.2. The molecule has 6 heteroatoms. The molecule has 424 valence electrons. The maximum absolute atomic E-state index is 12.9. The predicted octanol–water partition coefficient (Wildman–Crippen LogP) is 21.3. The summed E-state index contributed by atoms with van der Waals surface area (Å²) >= 11 is 0. The van der Waals surface area contributed by atoms with Crippen LogP contribution in [0.5, 0.6) is 0 Å². The Balaban J connectivity index is 4.28. The zero-order chi connectivity index (χ0) is 53.6. The SMILES string of the molecule is CC/C=C\C/C=C\C/C=C\C/C=C\CCCCCCCCCCCCCCCCC(=O)OCC(COC(=O)CCCCCCCCCCCCCC)OC(=O)CCCCCC/C=C\C/C=C\C/C=C\C/C=C\CC. The first kappa shape index (κ1) is 70.3. The zero-order valence-corrected chi connectivity index (χ0v) is 48.6. The third-order valence-corrected chi connectivity index (χ3v) is 13.3. The van der Waals surface area contributed by atoms with Crippen molar-refractivity contribution in [1.82, 2.24) is 0 Å². The largest absolute Gasteiger partial charge is 0.462 e. The molecule has 0 saturated carbocycles. The third kappa shape index (κ3) is 59.2. The second-order valence-electron chi connectivity index (χ2n) is 20.6. The second-order valence-corrected chi connectivity index (χ2v) is 20.6. The van der Waals surface area contributed by atoms with E-state index in [2.05, 4.69) is 118 Å². The fourth-order valence-electron chi connectivity index (χ4n) is 8.72. The van der Waals surface area contributed by atoms with Crippen LogP contribution in [0.25, 0.3) is 0 Å². The van der Waals surface area contributed by atoms with Gasteiger partial charge >= 0.3 is 17.9 Å². The number of carbonyl (C=O) groups excluding carboxylic acids is 3. The van der Waals surface area contributed by atoms with Crippen LogP contribution in [-0.2, 0) is 28.6 Å². The molecule has 0 heterocycles. The van der Waals surface area contributed by atoms with E-state index < -0.39 is 6.10 Å². The summed E-state index contributed by atoms with van der Waals surface area (Å²) in [5.74, 6) is -0.900. The van der Waals surface area contributed by atoms with Crippen molar-refractivity contribution in [2.24, 2.45) is 0 Å². The second kappa shape index (κ2) is 61.9. The molecule has 0 spiro atoms. The lowest BCUT2D eigenvalue weighted by atomic mass is 10.0. The molecular weight excluding hydrogens is 913 g/mol. The number of hydrogen-bond donors (Lipinski definition) is 0. The van der Waals surface area contributed by atoms with Crippen LogP contribution >= 0.6 is 0 Å². The van der Waals surface area contributed by atoms with Gasteiger partial charge in [0, 0.05) is 19.3 Å². The highest BCUT2D eigenvalue weighted by Crippen LogP contribution is 2.16. The number of allylic oxidation sites excluding steroid dienone is 16. The highest BCUT2D eigenvalue weighted by Gasteiger charge is 2.19. The summed E-state index contributed by atoms with van der Waals surface area (Å²) in [5.41, 5.74) is 0. The molecule has 0 amide bonds. The summed E-state index contributed by atoms with van der Waals surface area (Å²) in [7, 11) is 0. The minimum atomic E-state index is -0.789. The Kier molecular flexibility index (Phi) is 58.8. The lowest BCUT2D eigenvalue weighted by molar-refractivity contribution is -0.167. The number of carbonyl (C=O) groups is 3. The van der Waals surface area contributed by atoms with Gasteiger partial charge in [-0.3, -0.25) is 14.4 Å². The summed E-state index contributed by atoms with van der Waals surface area (Å²) in [6.07, 6.45) is 82.7. The normalized spacial score (nSPS) is 12.7. The van der Waals surface area contributed by atoms with Crippen molar-refractivity contribution in [1.29, 1.82) is 0 Å². The van der Waals surface area contributed by atoms with Gasteiger partial charge in [-0.2, -0.15) is 0 Å². The Hall–Kier alpha value is -3.67. The molecule has 0 saturated heterocycles. The van der Waals surface area contributed by atoms with Gasteiger partial charge in [0.1, 0.15) is 13.2 Å². The molecule has 0 radical (unpaired) electrons. The topological polar surface area (TPSA) is 78.9 Å². The van der Waals surface area contributed by atoms with Gasteiger partial charge in [0.25, 0.3) is 0 Å². The van der Waals surface area contributed by atoms with E-state index >= 15 is 0 Å². The molecule has 0 N–H and O–H groups in total. The van der Waals surface area contributed by atoms with Gasteiger partial charge in [0.15, 0.2) is 6.10 Å². The van der Waals surface area contributed by atoms with Crippen molar-refractivity contribution >= 4 is 17.9 Å². The predicted molar refractivity (Wildman–Crippen MR) is 320 cm³/mol. The van der Waals surface area contributed by atoms with Crippen LogP contribution in [0.1, 0.15) is 297 Å². The van der Waals surface area contributed by atoms with E-state index in [-0.39, 0.29) is 31.1 Å². The molecule has 0 aromatic heterocycles. The van der Waals surface area contributed by atoms with Crippen molar-refractivity contribution in [2.45, 2.75) is 303 Å². The van der Waals surface area contributed by atoms with Crippen LogP contribution in [0.4, 0.5) is 0 Å². The van der Waals surface area contributed by atoms with Crippen LogP contribution in [0, 0.1) is 0 Å².